The second-order valence-corrected chi connectivity index (χ2v) is 3.15. The lowest BCUT2D eigenvalue weighted by Crippen LogP contribution is -2.05. The van der Waals surface area contributed by atoms with Crippen LogP contribution in [0.2, 0.25) is 0 Å². The van der Waals surface area contributed by atoms with Crippen LogP contribution in [0.4, 0.5) is 0 Å². The fourth-order valence-corrected chi connectivity index (χ4v) is 1.16. The van der Waals surface area contributed by atoms with Crippen molar-refractivity contribution in [3.63, 3.8) is 0 Å². The van der Waals surface area contributed by atoms with Crippen molar-refractivity contribution >= 4 is 21.9 Å². The molecule has 1 aromatic heterocycles. The number of hydrogen-bond donors (Lipinski definition) is 0. The van der Waals surface area contributed by atoms with Gasteiger partial charge in [-0.15, -0.1) is 0 Å². The van der Waals surface area contributed by atoms with Crippen molar-refractivity contribution in [1.82, 2.24) is 4.98 Å². The number of esters is 1. The van der Waals surface area contributed by atoms with Gasteiger partial charge in [0.1, 0.15) is 10.7 Å². The van der Waals surface area contributed by atoms with Gasteiger partial charge in [-0.05, 0) is 28.9 Å². The molecule has 72 valence electrons. The number of hydrogen-bond acceptors (Lipinski definition) is 4. The number of nitriles is 1. The Morgan fingerprint density at radius 1 is 1.79 bits per heavy atom. The summed E-state index contributed by atoms with van der Waals surface area (Å²) < 4.78 is 5.19. The highest BCUT2D eigenvalue weighted by Crippen LogP contribution is 2.14. The first kappa shape index (κ1) is 10.7. The van der Waals surface area contributed by atoms with Crippen molar-refractivity contribution < 1.29 is 9.53 Å². The molecule has 0 aliphatic carbocycles. The van der Waals surface area contributed by atoms with Crippen molar-refractivity contribution in [1.29, 1.82) is 5.26 Å². The second kappa shape index (κ2) is 4.72. The van der Waals surface area contributed by atoms with Gasteiger partial charge in [-0.1, -0.05) is 0 Å². The van der Waals surface area contributed by atoms with Gasteiger partial charge in [0.25, 0.3) is 0 Å². The molecule has 0 amide bonds. The van der Waals surface area contributed by atoms with Gasteiger partial charge in [0, 0.05) is 6.20 Å². The molecule has 0 unspecified atom stereocenters. The number of ether oxygens (including phenoxy) is 1. The molecule has 0 atom stereocenters. The molecule has 1 rings (SSSR count). The van der Waals surface area contributed by atoms with E-state index in [1.165, 1.54) is 12.3 Å². The molecule has 0 aliphatic rings. The lowest BCUT2D eigenvalue weighted by Gasteiger charge is -2.01. The quantitative estimate of drug-likeness (QED) is 0.598. The summed E-state index contributed by atoms with van der Waals surface area (Å²) in [6.45, 7) is 2.02. The SMILES string of the molecule is CCOC(=O)c1cnc(Br)c(C#N)c1. The molecule has 0 radical (unpaired) electrons. The lowest BCUT2D eigenvalue weighted by molar-refractivity contribution is 0.0526. The van der Waals surface area contributed by atoms with Crippen LogP contribution in [0.3, 0.4) is 0 Å². The average molecular weight is 255 g/mol. The number of halogens is 1. The topological polar surface area (TPSA) is 63.0 Å². The van der Waals surface area contributed by atoms with Crippen LogP contribution in [0.25, 0.3) is 0 Å². The first-order valence-electron chi connectivity index (χ1n) is 3.91. The summed E-state index contributed by atoms with van der Waals surface area (Å²) in [6, 6.07) is 3.36. The predicted molar refractivity (Wildman–Crippen MR) is 52.6 cm³/mol. The first-order chi connectivity index (χ1) is 6.69. The highest BCUT2D eigenvalue weighted by atomic mass is 79.9. The molecule has 0 N–H and O–H groups in total. The van der Waals surface area contributed by atoms with Crippen LogP contribution < -0.4 is 0 Å². The molecular weight excluding hydrogens is 248 g/mol. The van der Waals surface area contributed by atoms with Crippen molar-refractivity contribution in [3.8, 4) is 6.07 Å². The Kier molecular flexibility index (Phi) is 3.60. The van der Waals surface area contributed by atoms with Crippen LogP contribution in [0.15, 0.2) is 16.9 Å². The third kappa shape index (κ3) is 2.30. The number of nitrogens with zero attached hydrogens (tertiary/aromatic N) is 2. The van der Waals surface area contributed by atoms with E-state index in [-0.39, 0.29) is 5.56 Å². The van der Waals surface area contributed by atoms with Crippen LogP contribution >= 0.6 is 15.9 Å². The zero-order chi connectivity index (χ0) is 10.6. The van der Waals surface area contributed by atoms with E-state index in [1.807, 2.05) is 6.07 Å². The average Bonchev–Trinajstić information content (AvgIpc) is 2.19. The minimum atomic E-state index is -0.469. The maximum absolute atomic E-state index is 11.2. The fraction of sp³-hybridized carbons (Fsp3) is 0.222. The second-order valence-electron chi connectivity index (χ2n) is 2.39. The van der Waals surface area contributed by atoms with E-state index in [1.54, 1.807) is 6.92 Å². The Morgan fingerprint density at radius 2 is 2.50 bits per heavy atom. The fourth-order valence-electron chi connectivity index (χ4n) is 0.853. The summed E-state index contributed by atoms with van der Waals surface area (Å²) in [4.78, 5) is 15.1. The Morgan fingerprint density at radius 3 is 3.07 bits per heavy atom. The predicted octanol–water partition coefficient (Wildman–Crippen LogP) is 1.89. The Hall–Kier alpha value is -1.41. The molecule has 0 spiro atoms. The Balaban J connectivity index is 3.02. The van der Waals surface area contributed by atoms with Crippen molar-refractivity contribution in [2.45, 2.75) is 6.92 Å². The first-order valence-corrected chi connectivity index (χ1v) is 4.71. The van der Waals surface area contributed by atoms with Gasteiger partial charge < -0.3 is 4.74 Å². The highest BCUT2D eigenvalue weighted by molar-refractivity contribution is 9.10. The number of rotatable bonds is 2. The smallest absolute Gasteiger partial charge is 0.339 e. The summed E-state index contributed by atoms with van der Waals surface area (Å²) >= 11 is 3.09. The van der Waals surface area contributed by atoms with Crippen LogP contribution in [-0.4, -0.2) is 17.6 Å². The summed E-state index contributed by atoms with van der Waals surface area (Å²) in [5, 5.41) is 8.68. The maximum Gasteiger partial charge on any atom is 0.339 e. The molecule has 14 heavy (non-hydrogen) atoms. The van der Waals surface area contributed by atoms with E-state index in [9.17, 15) is 4.79 Å². The third-order valence-corrected chi connectivity index (χ3v) is 2.10. The van der Waals surface area contributed by atoms with Gasteiger partial charge in [-0.2, -0.15) is 5.26 Å². The van der Waals surface area contributed by atoms with Crippen LogP contribution in [0.5, 0.6) is 0 Å². The Bertz CT molecular complexity index is 398. The monoisotopic (exact) mass is 254 g/mol. The molecule has 0 bridgehead atoms. The van der Waals surface area contributed by atoms with Crippen molar-refractivity contribution in [3.05, 3.63) is 28.0 Å². The molecule has 0 saturated carbocycles. The molecular formula is C9H7BrN2O2. The van der Waals surface area contributed by atoms with Crippen LogP contribution in [-0.2, 0) is 4.74 Å². The number of carbonyl (C=O) groups is 1. The summed E-state index contributed by atoms with van der Waals surface area (Å²) in [7, 11) is 0. The van der Waals surface area contributed by atoms with Gasteiger partial charge in [0.05, 0.1) is 17.7 Å². The summed E-state index contributed by atoms with van der Waals surface area (Å²) in [5.74, 6) is -0.469. The molecule has 0 saturated heterocycles. The minimum absolute atomic E-state index is 0.284. The van der Waals surface area contributed by atoms with Crippen molar-refractivity contribution in [2.75, 3.05) is 6.61 Å². The van der Waals surface area contributed by atoms with Gasteiger partial charge in [-0.25, -0.2) is 9.78 Å². The Labute approximate surface area is 89.6 Å². The number of aromatic nitrogens is 1. The molecule has 0 fully saturated rings. The van der Waals surface area contributed by atoms with Gasteiger partial charge >= 0.3 is 5.97 Å². The van der Waals surface area contributed by atoms with E-state index in [0.29, 0.717) is 16.8 Å². The van der Waals surface area contributed by atoms with E-state index in [4.69, 9.17) is 10.00 Å². The zero-order valence-corrected chi connectivity index (χ0v) is 9.04. The third-order valence-electron chi connectivity index (χ3n) is 1.47. The van der Waals surface area contributed by atoms with E-state index >= 15 is 0 Å². The minimum Gasteiger partial charge on any atom is -0.462 e. The van der Waals surface area contributed by atoms with Crippen LogP contribution in [0, 0.1) is 11.3 Å². The molecule has 1 aromatic rings. The number of pyridine rings is 1. The molecule has 5 heteroatoms. The van der Waals surface area contributed by atoms with Crippen LogP contribution in [0.1, 0.15) is 22.8 Å². The summed E-state index contributed by atoms with van der Waals surface area (Å²) in [5.41, 5.74) is 0.599. The normalized spacial score (nSPS) is 9.21. The van der Waals surface area contributed by atoms with Gasteiger partial charge in [-0.3, -0.25) is 0 Å². The van der Waals surface area contributed by atoms with Crippen molar-refractivity contribution in [2.24, 2.45) is 0 Å². The van der Waals surface area contributed by atoms with E-state index in [2.05, 4.69) is 20.9 Å². The zero-order valence-electron chi connectivity index (χ0n) is 7.45. The number of carbonyl (C=O) groups excluding carboxylic acids is 1. The highest BCUT2D eigenvalue weighted by Gasteiger charge is 2.09. The molecule has 0 aromatic carbocycles. The summed E-state index contributed by atoms with van der Waals surface area (Å²) in [6.07, 6.45) is 1.36. The maximum atomic E-state index is 11.2. The van der Waals surface area contributed by atoms with E-state index in [0.717, 1.165) is 0 Å². The molecule has 0 aliphatic heterocycles. The molecule has 4 nitrogen and oxygen atoms in total. The van der Waals surface area contributed by atoms with Gasteiger partial charge in [0.15, 0.2) is 0 Å². The lowest BCUT2D eigenvalue weighted by atomic mass is 10.2. The molecule has 1 heterocycles. The van der Waals surface area contributed by atoms with E-state index < -0.39 is 5.97 Å². The standard InChI is InChI=1S/C9H7BrN2O2/c1-2-14-9(13)7-3-6(4-11)8(10)12-5-7/h3,5H,2H2,1H3. The largest absolute Gasteiger partial charge is 0.462 e. The van der Waals surface area contributed by atoms with Gasteiger partial charge in [0.2, 0.25) is 0 Å².